The number of sulfonamides is 1. The van der Waals surface area contributed by atoms with Crippen LogP contribution in [0.5, 0.6) is 0 Å². The fraction of sp³-hybridized carbons (Fsp3) is 0.333. The molecule has 0 spiro atoms. The molecule has 0 heterocycles. The Kier molecular flexibility index (Phi) is 8.45. The van der Waals surface area contributed by atoms with Gasteiger partial charge in [0.15, 0.2) is 0 Å². The molecule has 0 fully saturated rings. The highest BCUT2D eigenvalue weighted by Gasteiger charge is 2.28. The molecule has 9 nitrogen and oxygen atoms in total. The van der Waals surface area contributed by atoms with E-state index in [4.69, 9.17) is 0 Å². The molecular formula is C27H33N5O4S. The van der Waals surface area contributed by atoms with E-state index in [1.165, 1.54) is 18.2 Å². The second-order valence-electron chi connectivity index (χ2n) is 10.2. The number of rotatable bonds is 9. The predicted octanol–water partition coefficient (Wildman–Crippen LogP) is 6.70. The van der Waals surface area contributed by atoms with E-state index in [0.29, 0.717) is 22.5 Å². The minimum atomic E-state index is -3.83. The maximum atomic E-state index is 12.8. The third-order valence-corrected chi connectivity index (χ3v) is 7.73. The Balaban J connectivity index is 1.70. The molecule has 1 N–H and O–H groups in total. The molecule has 37 heavy (non-hydrogen) atoms. The first-order valence-electron chi connectivity index (χ1n) is 11.8. The number of hydrogen-bond acceptors (Lipinski definition) is 7. The van der Waals surface area contributed by atoms with Crippen LogP contribution in [0.15, 0.2) is 81.9 Å². The van der Waals surface area contributed by atoms with Gasteiger partial charge in [0, 0.05) is 38.0 Å². The Morgan fingerprint density at radius 1 is 0.946 bits per heavy atom. The Bertz CT molecular complexity index is 1380. The van der Waals surface area contributed by atoms with Crippen LogP contribution in [0, 0.1) is 15.5 Å². The summed E-state index contributed by atoms with van der Waals surface area (Å²) in [5.41, 5.74) is 3.20. The van der Waals surface area contributed by atoms with Gasteiger partial charge in [0.1, 0.15) is 0 Å². The van der Waals surface area contributed by atoms with Crippen LogP contribution in [0.4, 0.5) is 22.7 Å². The molecule has 10 heteroatoms. The van der Waals surface area contributed by atoms with Gasteiger partial charge in [-0.1, -0.05) is 39.8 Å². The summed E-state index contributed by atoms with van der Waals surface area (Å²) >= 11 is 0. The van der Waals surface area contributed by atoms with Crippen LogP contribution in [0.3, 0.4) is 0 Å². The van der Waals surface area contributed by atoms with Crippen molar-refractivity contribution >= 4 is 32.8 Å². The maximum Gasteiger partial charge on any atom is 0.273 e. The highest BCUT2D eigenvalue weighted by Crippen LogP contribution is 2.39. The van der Waals surface area contributed by atoms with Gasteiger partial charge >= 0.3 is 0 Å². The van der Waals surface area contributed by atoms with Gasteiger partial charge in [0.05, 0.1) is 21.2 Å². The van der Waals surface area contributed by atoms with Gasteiger partial charge < -0.3 is 4.90 Å². The topological polar surface area (TPSA) is 117 Å². The summed E-state index contributed by atoms with van der Waals surface area (Å²) in [6.07, 6.45) is 0. The molecule has 0 aliphatic rings. The maximum absolute atomic E-state index is 12.8. The zero-order valence-electron chi connectivity index (χ0n) is 22.0. The average Bonchev–Trinajstić information content (AvgIpc) is 2.85. The van der Waals surface area contributed by atoms with Gasteiger partial charge in [0.2, 0.25) is 10.0 Å². The molecular weight excluding hydrogens is 490 g/mol. The summed E-state index contributed by atoms with van der Waals surface area (Å²) in [5, 5.41) is 20.0. The highest BCUT2D eigenvalue weighted by atomic mass is 32.2. The van der Waals surface area contributed by atoms with Crippen molar-refractivity contribution in [3.63, 3.8) is 0 Å². The van der Waals surface area contributed by atoms with Crippen molar-refractivity contribution in [2.24, 2.45) is 15.6 Å². The summed E-state index contributed by atoms with van der Waals surface area (Å²) in [6.45, 7) is 7.96. The fourth-order valence-corrected chi connectivity index (χ4v) is 4.59. The number of azo groups is 1. The molecule has 196 valence electrons. The fourth-order valence-electron chi connectivity index (χ4n) is 3.58. The summed E-state index contributed by atoms with van der Waals surface area (Å²) in [7, 11) is 0.0719. The molecule has 0 radical (unpaired) electrons. The zero-order chi connectivity index (χ0) is 27.4. The van der Waals surface area contributed by atoms with E-state index in [2.05, 4.69) is 15.0 Å². The Morgan fingerprint density at radius 2 is 1.49 bits per heavy atom. The van der Waals surface area contributed by atoms with Crippen molar-refractivity contribution in [1.82, 2.24) is 4.72 Å². The van der Waals surface area contributed by atoms with Gasteiger partial charge in [-0.05, 0) is 65.4 Å². The first-order chi connectivity index (χ1) is 17.3. The molecule has 1 unspecified atom stereocenters. The molecule has 1 atom stereocenters. The molecule has 0 saturated heterocycles. The van der Waals surface area contributed by atoms with E-state index in [-0.39, 0.29) is 28.5 Å². The summed E-state index contributed by atoms with van der Waals surface area (Å²) in [4.78, 5) is 13.3. The lowest BCUT2D eigenvalue weighted by Gasteiger charge is -2.27. The molecule has 0 aromatic heterocycles. The van der Waals surface area contributed by atoms with Gasteiger partial charge in [-0.25, -0.2) is 13.1 Å². The van der Waals surface area contributed by atoms with E-state index in [9.17, 15) is 18.5 Å². The smallest absolute Gasteiger partial charge is 0.273 e. The number of hydrogen-bond donors (Lipinski definition) is 1. The van der Waals surface area contributed by atoms with Crippen molar-refractivity contribution in [3.8, 4) is 0 Å². The van der Waals surface area contributed by atoms with Crippen molar-refractivity contribution in [2.45, 2.75) is 45.1 Å². The van der Waals surface area contributed by atoms with E-state index >= 15 is 0 Å². The number of nitro groups is 1. The number of nitrogens with one attached hydrogen (secondary N) is 1. The van der Waals surface area contributed by atoms with Crippen LogP contribution in [0.2, 0.25) is 0 Å². The number of anilines is 1. The summed E-state index contributed by atoms with van der Waals surface area (Å²) in [6, 6.07) is 18.5. The molecule has 0 bridgehead atoms. The minimum absolute atomic E-state index is 0.00908. The lowest BCUT2D eigenvalue weighted by molar-refractivity contribution is -0.385. The lowest BCUT2D eigenvalue weighted by Crippen LogP contribution is -2.23. The SMILES string of the molecule is CC(c1ccc(CNS(=O)(=O)c2ccc(N=Nc3ccc(N(C)C)cc3)cc2)cc1[N+](=O)[O-])C(C)(C)C. The second kappa shape index (κ2) is 11.2. The van der Waals surface area contributed by atoms with E-state index in [1.54, 1.807) is 24.3 Å². The van der Waals surface area contributed by atoms with Crippen molar-refractivity contribution in [1.29, 1.82) is 0 Å². The van der Waals surface area contributed by atoms with Gasteiger partial charge in [0.25, 0.3) is 5.69 Å². The molecule has 3 rings (SSSR count). The predicted molar refractivity (Wildman–Crippen MR) is 146 cm³/mol. The molecule has 0 aliphatic carbocycles. The first-order valence-corrected chi connectivity index (χ1v) is 13.3. The molecule has 0 amide bonds. The Labute approximate surface area is 218 Å². The monoisotopic (exact) mass is 523 g/mol. The lowest BCUT2D eigenvalue weighted by atomic mass is 9.77. The molecule has 3 aromatic rings. The van der Waals surface area contributed by atoms with Crippen LogP contribution >= 0.6 is 0 Å². The quantitative estimate of drug-likeness (QED) is 0.190. The standard InChI is InChI=1S/C27H33N5O4S/c1-19(27(2,3)4)25-16-7-20(17-26(25)32(33)34)18-28-37(35,36)24-14-10-22(11-15-24)30-29-21-8-12-23(13-9-21)31(5)6/h7-17,19,28H,18H2,1-6H3. The third-order valence-electron chi connectivity index (χ3n) is 6.32. The Morgan fingerprint density at radius 3 is 1.97 bits per heavy atom. The molecule has 0 saturated carbocycles. The number of nitrogens with zero attached hydrogens (tertiary/aromatic N) is 4. The highest BCUT2D eigenvalue weighted by molar-refractivity contribution is 7.89. The van der Waals surface area contributed by atoms with E-state index < -0.39 is 14.9 Å². The average molecular weight is 524 g/mol. The minimum Gasteiger partial charge on any atom is -0.378 e. The normalized spacial score (nSPS) is 13.0. The molecule has 0 aliphatic heterocycles. The van der Waals surface area contributed by atoms with Gasteiger partial charge in [-0.2, -0.15) is 10.2 Å². The summed E-state index contributed by atoms with van der Waals surface area (Å²) < 4.78 is 28.1. The first kappa shape index (κ1) is 27.9. The Hall–Kier alpha value is -3.63. The van der Waals surface area contributed by atoms with E-state index in [1.807, 2.05) is 71.0 Å². The van der Waals surface area contributed by atoms with Crippen LogP contribution in [-0.4, -0.2) is 27.4 Å². The van der Waals surface area contributed by atoms with Crippen molar-refractivity contribution in [3.05, 3.63) is 88.0 Å². The van der Waals surface area contributed by atoms with Crippen LogP contribution < -0.4 is 9.62 Å². The molecule has 3 aromatic carbocycles. The van der Waals surface area contributed by atoms with Crippen molar-refractivity contribution in [2.75, 3.05) is 19.0 Å². The van der Waals surface area contributed by atoms with Gasteiger partial charge in [-0.3, -0.25) is 10.1 Å². The van der Waals surface area contributed by atoms with Gasteiger partial charge in [-0.15, -0.1) is 0 Å². The largest absolute Gasteiger partial charge is 0.378 e. The van der Waals surface area contributed by atoms with Crippen LogP contribution in [0.1, 0.15) is 44.7 Å². The third kappa shape index (κ3) is 7.21. The zero-order valence-corrected chi connectivity index (χ0v) is 22.8. The second-order valence-corrected chi connectivity index (χ2v) is 11.9. The van der Waals surface area contributed by atoms with Crippen molar-refractivity contribution < 1.29 is 13.3 Å². The van der Waals surface area contributed by atoms with Crippen LogP contribution in [-0.2, 0) is 16.6 Å². The van der Waals surface area contributed by atoms with Crippen LogP contribution in [0.25, 0.3) is 0 Å². The summed E-state index contributed by atoms with van der Waals surface area (Å²) in [5.74, 6) is -0.0493. The number of nitro benzene ring substituents is 1. The number of benzene rings is 3. The van der Waals surface area contributed by atoms with E-state index in [0.717, 1.165) is 5.69 Å².